The summed E-state index contributed by atoms with van der Waals surface area (Å²) in [4.78, 5) is 4.50. The van der Waals surface area contributed by atoms with Gasteiger partial charge in [0.2, 0.25) is 0 Å². The molecule has 0 bridgehead atoms. The van der Waals surface area contributed by atoms with Crippen LogP contribution < -0.4 is 5.32 Å². The van der Waals surface area contributed by atoms with Gasteiger partial charge in [-0.3, -0.25) is 0 Å². The van der Waals surface area contributed by atoms with Gasteiger partial charge in [0.1, 0.15) is 6.26 Å². The highest BCUT2D eigenvalue weighted by Crippen LogP contribution is 2.18. The molecule has 1 fully saturated rings. The van der Waals surface area contributed by atoms with Crippen molar-refractivity contribution in [3.63, 3.8) is 0 Å². The minimum Gasteiger partial charge on any atom is -0.449 e. The summed E-state index contributed by atoms with van der Waals surface area (Å²) in [7, 11) is 1.97. The van der Waals surface area contributed by atoms with Crippen LogP contribution in [0.1, 0.15) is 24.4 Å². The van der Waals surface area contributed by atoms with Crippen molar-refractivity contribution in [3.05, 3.63) is 17.8 Å². The van der Waals surface area contributed by atoms with E-state index in [0.29, 0.717) is 5.92 Å². The molecule has 16 heavy (non-hydrogen) atoms. The number of oxazole rings is 1. The standard InChI is InChI=1S/C12H20N2O2/c1-13-5-2-3-11-9-16-12(14-11)7-10-4-6-15-8-10/h9-10,13H,2-8H2,1H3. The lowest BCUT2D eigenvalue weighted by molar-refractivity contribution is 0.184. The van der Waals surface area contributed by atoms with Gasteiger partial charge in [-0.05, 0) is 38.8 Å². The molecule has 1 aliphatic rings. The van der Waals surface area contributed by atoms with Crippen molar-refractivity contribution < 1.29 is 9.15 Å². The van der Waals surface area contributed by atoms with E-state index in [9.17, 15) is 0 Å². The molecule has 1 unspecified atom stereocenters. The van der Waals surface area contributed by atoms with E-state index in [1.165, 1.54) is 0 Å². The van der Waals surface area contributed by atoms with Crippen LogP contribution in [0, 0.1) is 5.92 Å². The molecule has 0 saturated carbocycles. The van der Waals surface area contributed by atoms with Gasteiger partial charge in [0, 0.05) is 19.6 Å². The molecule has 1 aromatic rings. The van der Waals surface area contributed by atoms with Crippen molar-refractivity contribution in [2.75, 3.05) is 26.8 Å². The zero-order valence-electron chi connectivity index (χ0n) is 9.87. The molecule has 90 valence electrons. The second-order valence-electron chi connectivity index (χ2n) is 4.37. The fourth-order valence-electron chi connectivity index (χ4n) is 2.00. The van der Waals surface area contributed by atoms with E-state index in [-0.39, 0.29) is 0 Å². The van der Waals surface area contributed by atoms with E-state index in [1.54, 1.807) is 6.26 Å². The summed E-state index contributed by atoms with van der Waals surface area (Å²) in [5.41, 5.74) is 1.07. The van der Waals surface area contributed by atoms with Crippen LogP contribution in [-0.2, 0) is 17.6 Å². The third-order valence-corrected chi connectivity index (χ3v) is 2.95. The van der Waals surface area contributed by atoms with Crippen molar-refractivity contribution in [2.24, 2.45) is 5.92 Å². The predicted octanol–water partition coefficient (Wildman–Crippen LogP) is 1.41. The maximum absolute atomic E-state index is 5.47. The highest BCUT2D eigenvalue weighted by atomic mass is 16.5. The van der Waals surface area contributed by atoms with Crippen molar-refractivity contribution in [2.45, 2.75) is 25.7 Å². The van der Waals surface area contributed by atoms with Crippen LogP contribution in [0.15, 0.2) is 10.7 Å². The summed E-state index contributed by atoms with van der Waals surface area (Å²) in [5, 5.41) is 3.13. The lowest BCUT2D eigenvalue weighted by atomic mass is 10.1. The van der Waals surface area contributed by atoms with Crippen LogP contribution >= 0.6 is 0 Å². The third kappa shape index (κ3) is 3.32. The lowest BCUT2D eigenvalue weighted by Crippen LogP contribution is -2.08. The normalized spacial score (nSPS) is 20.4. The Labute approximate surface area is 96.4 Å². The first-order valence-corrected chi connectivity index (χ1v) is 6.04. The summed E-state index contributed by atoms with van der Waals surface area (Å²) in [6.07, 6.45) is 5.95. The number of rotatable bonds is 6. The molecule has 1 saturated heterocycles. The minimum absolute atomic E-state index is 0.601. The summed E-state index contributed by atoms with van der Waals surface area (Å²) in [5.74, 6) is 1.47. The van der Waals surface area contributed by atoms with Crippen molar-refractivity contribution in [1.29, 1.82) is 0 Å². The van der Waals surface area contributed by atoms with Gasteiger partial charge < -0.3 is 14.5 Å². The Morgan fingerprint density at radius 3 is 3.25 bits per heavy atom. The van der Waals surface area contributed by atoms with E-state index in [2.05, 4.69) is 10.3 Å². The molecule has 0 aliphatic carbocycles. The minimum atomic E-state index is 0.601. The summed E-state index contributed by atoms with van der Waals surface area (Å²) in [6, 6.07) is 0. The summed E-state index contributed by atoms with van der Waals surface area (Å²) >= 11 is 0. The number of ether oxygens (including phenoxy) is 1. The Hall–Kier alpha value is -0.870. The molecule has 4 heteroatoms. The van der Waals surface area contributed by atoms with E-state index in [4.69, 9.17) is 9.15 Å². The molecular formula is C12H20N2O2. The maximum atomic E-state index is 5.47. The molecule has 1 N–H and O–H groups in total. The average molecular weight is 224 g/mol. The molecule has 0 radical (unpaired) electrons. The molecule has 1 aliphatic heterocycles. The second-order valence-corrected chi connectivity index (χ2v) is 4.37. The van der Waals surface area contributed by atoms with E-state index in [1.807, 2.05) is 7.05 Å². The largest absolute Gasteiger partial charge is 0.449 e. The fourth-order valence-corrected chi connectivity index (χ4v) is 2.00. The summed E-state index contributed by atoms with van der Waals surface area (Å²) in [6.45, 7) is 2.77. The Kier molecular flexibility index (Phi) is 4.36. The predicted molar refractivity (Wildman–Crippen MR) is 61.4 cm³/mol. The second kappa shape index (κ2) is 6.01. The van der Waals surface area contributed by atoms with E-state index in [0.717, 1.165) is 57.0 Å². The first-order chi connectivity index (χ1) is 7.88. The number of aromatic nitrogens is 1. The molecule has 0 aromatic carbocycles. The van der Waals surface area contributed by atoms with E-state index >= 15 is 0 Å². The number of nitrogens with zero attached hydrogens (tertiary/aromatic N) is 1. The zero-order valence-corrected chi connectivity index (χ0v) is 9.87. The van der Waals surface area contributed by atoms with Gasteiger partial charge in [0.25, 0.3) is 0 Å². The Morgan fingerprint density at radius 2 is 2.50 bits per heavy atom. The highest BCUT2D eigenvalue weighted by molar-refractivity contribution is 4.97. The van der Waals surface area contributed by atoms with Crippen LogP contribution in [0.5, 0.6) is 0 Å². The smallest absolute Gasteiger partial charge is 0.194 e. The molecule has 0 amide bonds. The number of aryl methyl sites for hydroxylation is 1. The van der Waals surface area contributed by atoms with Crippen LogP contribution in [0.4, 0.5) is 0 Å². The van der Waals surface area contributed by atoms with Gasteiger partial charge in [-0.25, -0.2) is 4.98 Å². The summed E-state index contributed by atoms with van der Waals surface area (Å²) < 4.78 is 10.8. The molecule has 4 nitrogen and oxygen atoms in total. The topological polar surface area (TPSA) is 47.3 Å². The molecular weight excluding hydrogens is 204 g/mol. The van der Waals surface area contributed by atoms with Gasteiger partial charge in [0.05, 0.1) is 5.69 Å². The molecule has 1 atom stereocenters. The van der Waals surface area contributed by atoms with Crippen molar-refractivity contribution >= 4 is 0 Å². The number of hydrogen-bond acceptors (Lipinski definition) is 4. The van der Waals surface area contributed by atoms with Crippen LogP contribution in [0.25, 0.3) is 0 Å². The van der Waals surface area contributed by atoms with Crippen molar-refractivity contribution in [3.8, 4) is 0 Å². The Bertz CT molecular complexity index is 306. The molecule has 2 heterocycles. The number of nitrogens with one attached hydrogen (secondary N) is 1. The van der Waals surface area contributed by atoms with Crippen LogP contribution in [0.3, 0.4) is 0 Å². The SMILES string of the molecule is CNCCCc1coc(CC2CCOC2)n1. The quantitative estimate of drug-likeness (QED) is 0.742. The maximum Gasteiger partial charge on any atom is 0.194 e. The van der Waals surface area contributed by atoms with Gasteiger partial charge in [-0.2, -0.15) is 0 Å². The van der Waals surface area contributed by atoms with Gasteiger partial charge in [-0.1, -0.05) is 0 Å². The van der Waals surface area contributed by atoms with Crippen LogP contribution in [-0.4, -0.2) is 31.8 Å². The van der Waals surface area contributed by atoms with Gasteiger partial charge >= 0.3 is 0 Å². The highest BCUT2D eigenvalue weighted by Gasteiger charge is 2.18. The average Bonchev–Trinajstić information content (AvgIpc) is 2.91. The number of hydrogen-bond donors (Lipinski definition) is 1. The van der Waals surface area contributed by atoms with Crippen LogP contribution in [0.2, 0.25) is 0 Å². The first-order valence-electron chi connectivity index (χ1n) is 6.04. The zero-order chi connectivity index (χ0) is 11.2. The monoisotopic (exact) mass is 224 g/mol. The Balaban J connectivity index is 1.77. The third-order valence-electron chi connectivity index (χ3n) is 2.95. The molecule has 1 aromatic heterocycles. The van der Waals surface area contributed by atoms with Gasteiger partial charge in [0.15, 0.2) is 5.89 Å². The first kappa shape index (κ1) is 11.6. The van der Waals surface area contributed by atoms with E-state index < -0.39 is 0 Å². The van der Waals surface area contributed by atoms with Crippen molar-refractivity contribution in [1.82, 2.24) is 10.3 Å². The fraction of sp³-hybridized carbons (Fsp3) is 0.750. The van der Waals surface area contributed by atoms with Gasteiger partial charge in [-0.15, -0.1) is 0 Å². The molecule has 0 spiro atoms. The Morgan fingerprint density at radius 1 is 1.56 bits per heavy atom. The lowest BCUT2D eigenvalue weighted by Gasteiger charge is -2.01. The molecule has 2 rings (SSSR count).